The van der Waals surface area contributed by atoms with E-state index in [0.29, 0.717) is 24.2 Å². The Morgan fingerprint density at radius 2 is 2.10 bits per heavy atom. The fourth-order valence-electron chi connectivity index (χ4n) is 1.90. The summed E-state index contributed by atoms with van der Waals surface area (Å²) in [6.07, 6.45) is 1.82. The number of aliphatic hydroxyl groups excluding tert-OH is 1. The van der Waals surface area contributed by atoms with Gasteiger partial charge in [0.1, 0.15) is 6.26 Å². The van der Waals surface area contributed by atoms with E-state index in [-0.39, 0.29) is 12.0 Å². The number of oxazole rings is 1. The molecule has 1 unspecified atom stereocenters. The maximum atomic E-state index is 13.2. The summed E-state index contributed by atoms with van der Waals surface area (Å²) in [5, 5.41) is 9.24. The first kappa shape index (κ1) is 15.6. The van der Waals surface area contributed by atoms with Gasteiger partial charge in [0, 0.05) is 18.7 Å². The van der Waals surface area contributed by atoms with Crippen LogP contribution in [0.2, 0.25) is 0 Å². The van der Waals surface area contributed by atoms with Gasteiger partial charge in [-0.1, -0.05) is 0 Å². The molecule has 0 bridgehead atoms. The molecular formula is C15H18F2N2O2. The number of benzene rings is 1. The molecule has 1 aromatic carbocycles. The molecule has 4 nitrogen and oxygen atoms in total. The Morgan fingerprint density at radius 1 is 1.33 bits per heavy atom. The van der Waals surface area contributed by atoms with Crippen molar-refractivity contribution in [1.82, 2.24) is 9.88 Å². The summed E-state index contributed by atoms with van der Waals surface area (Å²) in [7, 11) is 1.91. The summed E-state index contributed by atoms with van der Waals surface area (Å²) < 4.78 is 31.4. The van der Waals surface area contributed by atoms with Crippen LogP contribution in [0.15, 0.2) is 28.9 Å². The number of halogens is 2. The van der Waals surface area contributed by atoms with Crippen LogP contribution in [0.25, 0.3) is 11.5 Å². The molecule has 0 saturated carbocycles. The Bertz CT molecular complexity index is 599. The number of hydrogen-bond acceptors (Lipinski definition) is 4. The van der Waals surface area contributed by atoms with Gasteiger partial charge in [0.2, 0.25) is 5.89 Å². The highest BCUT2D eigenvalue weighted by atomic mass is 19.2. The van der Waals surface area contributed by atoms with Gasteiger partial charge in [0.05, 0.1) is 11.8 Å². The van der Waals surface area contributed by atoms with E-state index in [1.807, 2.05) is 11.9 Å². The van der Waals surface area contributed by atoms with Crippen molar-refractivity contribution in [3.05, 3.63) is 41.8 Å². The first-order valence-electron chi connectivity index (χ1n) is 6.72. The topological polar surface area (TPSA) is 49.5 Å². The quantitative estimate of drug-likeness (QED) is 0.890. The van der Waals surface area contributed by atoms with Gasteiger partial charge in [-0.15, -0.1) is 0 Å². The Kier molecular flexibility index (Phi) is 5.03. The van der Waals surface area contributed by atoms with E-state index < -0.39 is 11.6 Å². The highest BCUT2D eigenvalue weighted by molar-refractivity contribution is 5.53. The van der Waals surface area contributed by atoms with Crippen LogP contribution in [0.3, 0.4) is 0 Å². The highest BCUT2D eigenvalue weighted by Crippen LogP contribution is 2.21. The second kappa shape index (κ2) is 6.78. The molecule has 1 atom stereocenters. The fourth-order valence-corrected chi connectivity index (χ4v) is 1.90. The third-order valence-corrected chi connectivity index (χ3v) is 3.08. The first-order valence-corrected chi connectivity index (χ1v) is 6.72. The molecule has 114 valence electrons. The van der Waals surface area contributed by atoms with E-state index in [1.54, 1.807) is 6.92 Å². The zero-order valence-electron chi connectivity index (χ0n) is 12.0. The summed E-state index contributed by atoms with van der Waals surface area (Å²) >= 11 is 0. The van der Waals surface area contributed by atoms with Gasteiger partial charge >= 0.3 is 0 Å². The van der Waals surface area contributed by atoms with Gasteiger partial charge in [-0.25, -0.2) is 13.8 Å². The molecule has 0 aliphatic rings. The maximum Gasteiger partial charge on any atom is 0.226 e. The molecule has 0 aliphatic carbocycles. The van der Waals surface area contributed by atoms with Crippen molar-refractivity contribution in [2.24, 2.45) is 0 Å². The standard InChI is InChI=1S/C15H18F2N2O2/c1-10(20)5-6-19(2)8-12-9-21-15(18-12)11-3-4-13(16)14(17)7-11/h3-4,7,9-10,20H,5-6,8H2,1-2H3. The van der Waals surface area contributed by atoms with Gasteiger partial charge in [-0.05, 0) is 38.6 Å². The van der Waals surface area contributed by atoms with Crippen LogP contribution < -0.4 is 0 Å². The smallest absolute Gasteiger partial charge is 0.226 e. The Hall–Kier alpha value is -1.79. The molecule has 2 aromatic rings. The van der Waals surface area contributed by atoms with Crippen LogP contribution in [0.4, 0.5) is 8.78 Å². The monoisotopic (exact) mass is 296 g/mol. The van der Waals surface area contributed by atoms with E-state index in [1.165, 1.54) is 12.3 Å². The van der Waals surface area contributed by atoms with Crippen molar-refractivity contribution in [3.8, 4) is 11.5 Å². The summed E-state index contributed by atoms with van der Waals surface area (Å²) in [4.78, 5) is 6.26. The van der Waals surface area contributed by atoms with Crippen molar-refractivity contribution < 1.29 is 18.3 Å². The number of aliphatic hydroxyl groups is 1. The molecule has 6 heteroatoms. The molecule has 0 radical (unpaired) electrons. The molecule has 0 amide bonds. The minimum absolute atomic E-state index is 0.257. The lowest BCUT2D eigenvalue weighted by atomic mass is 10.2. The largest absolute Gasteiger partial charge is 0.444 e. The Labute approximate surface area is 122 Å². The van der Waals surface area contributed by atoms with E-state index in [4.69, 9.17) is 4.42 Å². The lowest BCUT2D eigenvalue weighted by Gasteiger charge is -2.15. The molecule has 1 heterocycles. The van der Waals surface area contributed by atoms with Gasteiger partial charge < -0.3 is 14.4 Å². The van der Waals surface area contributed by atoms with Crippen molar-refractivity contribution in [3.63, 3.8) is 0 Å². The normalized spacial score (nSPS) is 12.9. The third-order valence-electron chi connectivity index (χ3n) is 3.08. The fraction of sp³-hybridized carbons (Fsp3) is 0.400. The SMILES string of the molecule is CC(O)CCN(C)Cc1coc(-c2ccc(F)c(F)c2)n1. The molecular weight excluding hydrogens is 278 g/mol. The summed E-state index contributed by atoms with van der Waals surface area (Å²) in [5.41, 5.74) is 1.09. The highest BCUT2D eigenvalue weighted by Gasteiger charge is 2.11. The van der Waals surface area contributed by atoms with Crippen molar-refractivity contribution in [2.45, 2.75) is 26.0 Å². The van der Waals surface area contributed by atoms with Crippen LogP contribution in [0.1, 0.15) is 19.0 Å². The number of rotatable bonds is 6. The third kappa shape index (κ3) is 4.34. The second-order valence-electron chi connectivity index (χ2n) is 5.15. The predicted molar refractivity (Wildman–Crippen MR) is 74.5 cm³/mol. The first-order chi connectivity index (χ1) is 9.95. The molecule has 0 fully saturated rings. The summed E-state index contributed by atoms with van der Waals surface area (Å²) in [6, 6.07) is 3.52. The predicted octanol–water partition coefficient (Wildman–Crippen LogP) is 2.82. The van der Waals surface area contributed by atoms with Crippen LogP contribution in [-0.4, -0.2) is 34.7 Å². The number of aromatic nitrogens is 1. The van der Waals surface area contributed by atoms with Gasteiger partial charge in [-0.2, -0.15) is 0 Å². The molecule has 0 saturated heterocycles. The number of nitrogens with zero attached hydrogens (tertiary/aromatic N) is 2. The lowest BCUT2D eigenvalue weighted by molar-refractivity contribution is 0.162. The maximum absolute atomic E-state index is 13.2. The molecule has 1 N–H and O–H groups in total. The zero-order valence-corrected chi connectivity index (χ0v) is 12.0. The van der Waals surface area contributed by atoms with Crippen molar-refractivity contribution in [1.29, 1.82) is 0 Å². The minimum atomic E-state index is -0.929. The van der Waals surface area contributed by atoms with E-state index in [0.717, 1.165) is 18.7 Å². The average molecular weight is 296 g/mol. The van der Waals surface area contributed by atoms with E-state index >= 15 is 0 Å². The second-order valence-corrected chi connectivity index (χ2v) is 5.15. The summed E-state index contributed by atoms with van der Waals surface area (Å²) in [6.45, 7) is 3.02. The molecule has 2 rings (SSSR count). The molecule has 0 spiro atoms. The van der Waals surface area contributed by atoms with Crippen molar-refractivity contribution >= 4 is 0 Å². The van der Waals surface area contributed by atoms with Crippen LogP contribution in [-0.2, 0) is 6.54 Å². The van der Waals surface area contributed by atoms with Gasteiger partial charge in [0.25, 0.3) is 0 Å². The van der Waals surface area contributed by atoms with E-state index in [9.17, 15) is 13.9 Å². The Balaban J connectivity index is 2.02. The minimum Gasteiger partial charge on any atom is -0.444 e. The van der Waals surface area contributed by atoms with Crippen LogP contribution in [0, 0.1) is 11.6 Å². The lowest BCUT2D eigenvalue weighted by Crippen LogP contribution is -2.22. The Morgan fingerprint density at radius 3 is 2.76 bits per heavy atom. The summed E-state index contributed by atoms with van der Waals surface area (Å²) in [5.74, 6) is -1.57. The zero-order chi connectivity index (χ0) is 15.4. The van der Waals surface area contributed by atoms with Crippen LogP contribution in [0.5, 0.6) is 0 Å². The van der Waals surface area contributed by atoms with E-state index in [2.05, 4.69) is 4.98 Å². The van der Waals surface area contributed by atoms with Crippen molar-refractivity contribution in [2.75, 3.05) is 13.6 Å². The van der Waals surface area contributed by atoms with Crippen LogP contribution >= 0.6 is 0 Å². The molecule has 1 aromatic heterocycles. The van der Waals surface area contributed by atoms with Gasteiger partial charge in [-0.3, -0.25) is 0 Å². The van der Waals surface area contributed by atoms with Gasteiger partial charge in [0.15, 0.2) is 11.6 Å². The molecule has 21 heavy (non-hydrogen) atoms. The number of hydrogen-bond donors (Lipinski definition) is 1. The molecule has 0 aliphatic heterocycles. The average Bonchev–Trinajstić information content (AvgIpc) is 2.88.